The first-order valence-corrected chi connectivity index (χ1v) is 8.37. The maximum Gasteiger partial charge on any atom is 0.229 e. The van der Waals surface area contributed by atoms with E-state index < -0.39 is 0 Å². The molecule has 1 aromatic carbocycles. The number of benzene rings is 1. The molecule has 0 amide bonds. The van der Waals surface area contributed by atoms with E-state index in [1.807, 2.05) is 0 Å². The highest BCUT2D eigenvalue weighted by Gasteiger charge is 2.20. The second kappa shape index (κ2) is 6.64. The Morgan fingerprint density at radius 2 is 1.88 bits per heavy atom. The first-order chi connectivity index (χ1) is 12.3. The van der Waals surface area contributed by atoms with Gasteiger partial charge in [-0.2, -0.15) is 15.1 Å². The van der Waals surface area contributed by atoms with Crippen molar-refractivity contribution in [3.63, 3.8) is 0 Å². The smallest absolute Gasteiger partial charge is 0.229 e. The van der Waals surface area contributed by atoms with Crippen LogP contribution in [0.3, 0.4) is 0 Å². The van der Waals surface area contributed by atoms with Gasteiger partial charge in [-0.05, 0) is 37.1 Å². The van der Waals surface area contributed by atoms with E-state index in [1.54, 1.807) is 23.0 Å². The van der Waals surface area contributed by atoms with Gasteiger partial charge in [-0.25, -0.2) is 9.07 Å². The van der Waals surface area contributed by atoms with Gasteiger partial charge in [0.05, 0.1) is 23.9 Å². The van der Waals surface area contributed by atoms with Crippen LogP contribution in [0.15, 0.2) is 30.5 Å². The van der Waals surface area contributed by atoms with Crippen LogP contribution in [0.2, 0.25) is 0 Å². The summed E-state index contributed by atoms with van der Waals surface area (Å²) >= 11 is 0. The van der Waals surface area contributed by atoms with Gasteiger partial charge in [0.2, 0.25) is 5.95 Å². The lowest BCUT2D eigenvalue weighted by molar-refractivity contribution is 0.311. The summed E-state index contributed by atoms with van der Waals surface area (Å²) in [6, 6.07) is 6.13. The number of hydrogen-bond donors (Lipinski definition) is 2. The van der Waals surface area contributed by atoms with E-state index in [0.29, 0.717) is 24.0 Å². The molecule has 0 atom stereocenters. The first-order valence-electron chi connectivity index (χ1n) is 8.37. The molecule has 0 aliphatic carbocycles. The predicted molar refractivity (Wildman–Crippen MR) is 93.6 cm³/mol. The summed E-state index contributed by atoms with van der Waals surface area (Å²) in [7, 11) is 0. The number of halogens is 1. The number of aliphatic hydroxyl groups is 1. The Balaban J connectivity index is 1.84. The average molecular weight is 342 g/mol. The number of aromatic nitrogens is 4. The predicted octanol–water partition coefficient (Wildman–Crippen LogP) is 1.96. The molecule has 2 aromatic heterocycles. The SMILES string of the molecule is OCCNc1nc(N2CCCC2)nc2c1cnn2-c1ccc(F)cc1. The summed E-state index contributed by atoms with van der Waals surface area (Å²) in [6.07, 6.45) is 3.93. The largest absolute Gasteiger partial charge is 0.395 e. The molecule has 0 spiro atoms. The highest BCUT2D eigenvalue weighted by atomic mass is 19.1. The maximum absolute atomic E-state index is 13.2. The third-order valence-corrected chi connectivity index (χ3v) is 4.28. The molecule has 0 radical (unpaired) electrons. The molecule has 2 N–H and O–H groups in total. The van der Waals surface area contributed by atoms with Crippen molar-refractivity contribution in [3.05, 3.63) is 36.3 Å². The van der Waals surface area contributed by atoms with Crippen molar-refractivity contribution in [1.82, 2.24) is 19.7 Å². The van der Waals surface area contributed by atoms with Gasteiger partial charge < -0.3 is 15.3 Å². The summed E-state index contributed by atoms with van der Waals surface area (Å²) < 4.78 is 14.9. The summed E-state index contributed by atoms with van der Waals surface area (Å²) in [5.41, 5.74) is 1.39. The zero-order chi connectivity index (χ0) is 17.2. The highest BCUT2D eigenvalue weighted by molar-refractivity contribution is 5.88. The zero-order valence-electron chi connectivity index (χ0n) is 13.7. The van der Waals surface area contributed by atoms with Gasteiger partial charge in [-0.15, -0.1) is 0 Å². The molecule has 7 nitrogen and oxygen atoms in total. The first kappa shape index (κ1) is 15.8. The molecule has 3 aromatic rings. The summed E-state index contributed by atoms with van der Waals surface area (Å²) in [4.78, 5) is 11.5. The fourth-order valence-electron chi connectivity index (χ4n) is 3.04. The van der Waals surface area contributed by atoms with Gasteiger partial charge in [0.25, 0.3) is 0 Å². The van der Waals surface area contributed by atoms with Crippen LogP contribution < -0.4 is 10.2 Å². The van der Waals surface area contributed by atoms with Crippen LogP contribution in [0.4, 0.5) is 16.2 Å². The Bertz CT molecular complexity index is 873. The number of rotatable bonds is 5. The van der Waals surface area contributed by atoms with Crippen LogP contribution in [0.25, 0.3) is 16.7 Å². The van der Waals surface area contributed by atoms with Crippen molar-refractivity contribution in [2.24, 2.45) is 0 Å². The number of hydrogen-bond acceptors (Lipinski definition) is 6. The number of fused-ring (bicyclic) bond motifs is 1. The second-order valence-corrected chi connectivity index (χ2v) is 5.99. The standard InChI is InChI=1S/C17H19FN6O/c18-12-3-5-13(6-4-12)24-16-14(11-20-24)15(19-7-10-25)21-17(22-16)23-8-1-2-9-23/h3-6,11,25H,1-2,7-10H2,(H,19,21,22). The number of anilines is 2. The van der Waals surface area contributed by atoms with E-state index >= 15 is 0 Å². The average Bonchev–Trinajstić information content (AvgIpc) is 3.30. The fraction of sp³-hybridized carbons (Fsp3) is 0.353. The van der Waals surface area contributed by atoms with Crippen LogP contribution in [-0.2, 0) is 0 Å². The van der Waals surface area contributed by atoms with E-state index in [0.717, 1.165) is 37.0 Å². The summed E-state index contributed by atoms with van der Waals surface area (Å²) in [5, 5.41) is 17.4. The normalized spacial score (nSPS) is 14.4. The Morgan fingerprint density at radius 3 is 2.60 bits per heavy atom. The van der Waals surface area contributed by atoms with E-state index in [1.165, 1.54) is 12.1 Å². The van der Waals surface area contributed by atoms with Crippen molar-refractivity contribution in [3.8, 4) is 5.69 Å². The Morgan fingerprint density at radius 1 is 1.12 bits per heavy atom. The van der Waals surface area contributed by atoms with Gasteiger partial charge >= 0.3 is 0 Å². The van der Waals surface area contributed by atoms with Crippen molar-refractivity contribution in [2.45, 2.75) is 12.8 Å². The van der Waals surface area contributed by atoms with E-state index in [4.69, 9.17) is 10.1 Å². The maximum atomic E-state index is 13.2. The fourth-order valence-corrected chi connectivity index (χ4v) is 3.04. The highest BCUT2D eigenvalue weighted by Crippen LogP contribution is 2.27. The molecule has 25 heavy (non-hydrogen) atoms. The number of aliphatic hydroxyl groups excluding tert-OH is 1. The molecule has 8 heteroatoms. The van der Waals surface area contributed by atoms with E-state index in [-0.39, 0.29) is 12.4 Å². The van der Waals surface area contributed by atoms with Gasteiger partial charge in [-0.3, -0.25) is 0 Å². The minimum atomic E-state index is -0.294. The van der Waals surface area contributed by atoms with Crippen LogP contribution in [-0.4, -0.2) is 51.1 Å². The lowest BCUT2D eigenvalue weighted by Gasteiger charge is -2.17. The molecular weight excluding hydrogens is 323 g/mol. The summed E-state index contributed by atoms with van der Waals surface area (Å²) in [6.45, 7) is 2.26. The molecule has 0 bridgehead atoms. The lowest BCUT2D eigenvalue weighted by Crippen LogP contribution is -2.21. The van der Waals surface area contributed by atoms with Gasteiger partial charge in [0.1, 0.15) is 11.6 Å². The third-order valence-electron chi connectivity index (χ3n) is 4.28. The molecule has 4 rings (SSSR count). The van der Waals surface area contributed by atoms with Crippen molar-refractivity contribution in [1.29, 1.82) is 0 Å². The van der Waals surface area contributed by atoms with E-state index in [9.17, 15) is 4.39 Å². The van der Waals surface area contributed by atoms with E-state index in [2.05, 4.69) is 20.3 Å². The topological polar surface area (TPSA) is 79.1 Å². The molecule has 1 fully saturated rings. The lowest BCUT2D eigenvalue weighted by atomic mass is 10.3. The second-order valence-electron chi connectivity index (χ2n) is 5.99. The summed E-state index contributed by atoms with van der Waals surface area (Å²) in [5.74, 6) is 1.00. The molecule has 0 saturated carbocycles. The van der Waals surface area contributed by atoms with Crippen LogP contribution in [0.5, 0.6) is 0 Å². The van der Waals surface area contributed by atoms with Crippen molar-refractivity contribution < 1.29 is 9.50 Å². The van der Waals surface area contributed by atoms with Gasteiger partial charge in [-0.1, -0.05) is 0 Å². The molecule has 1 saturated heterocycles. The Kier molecular flexibility index (Phi) is 4.19. The van der Waals surface area contributed by atoms with Crippen LogP contribution in [0.1, 0.15) is 12.8 Å². The molecular formula is C17H19FN6O. The molecule has 3 heterocycles. The molecule has 1 aliphatic heterocycles. The minimum absolute atomic E-state index is 0.0106. The van der Waals surface area contributed by atoms with Crippen LogP contribution in [0, 0.1) is 5.82 Å². The Hall–Kier alpha value is -2.74. The monoisotopic (exact) mass is 342 g/mol. The van der Waals surface area contributed by atoms with Crippen molar-refractivity contribution in [2.75, 3.05) is 36.5 Å². The molecule has 130 valence electrons. The molecule has 1 aliphatic rings. The Labute approximate surface area is 144 Å². The van der Waals surface area contributed by atoms with Gasteiger partial charge in [0.15, 0.2) is 5.65 Å². The quantitative estimate of drug-likeness (QED) is 0.738. The number of nitrogens with one attached hydrogen (secondary N) is 1. The van der Waals surface area contributed by atoms with Crippen molar-refractivity contribution >= 4 is 22.8 Å². The van der Waals surface area contributed by atoms with Crippen LogP contribution >= 0.6 is 0 Å². The third kappa shape index (κ3) is 3.00. The molecule has 0 unspecified atom stereocenters. The number of nitrogens with zero attached hydrogens (tertiary/aromatic N) is 5. The zero-order valence-corrected chi connectivity index (χ0v) is 13.7. The minimum Gasteiger partial charge on any atom is -0.395 e. The van der Waals surface area contributed by atoms with Gasteiger partial charge in [0, 0.05) is 19.6 Å².